The maximum atomic E-state index is 12.6. The van der Waals surface area contributed by atoms with Crippen LogP contribution in [0.1, 0.15) is 34.7 Å². The summed E-state index contributed by atoms with van der Waals surface area (Å²) >= 11 is 5.97. The summed E-state index contributed by atoms with van der Waals surface area (Å²) in [5, 5.41) is 13.1. The summed E-state index contributed by atoms with van der Waals surface area (Å²) in [6.07, 6.45) is 5.38. The van der Waals surface area contributed by atoms with Gasteiger partial charge in [0.2, 0.25) is 0 Å². The fraction of sp³-hybridized carbons (Fsp3) is 0.158. The van der Waals surface area contributed by atoms with Crippen LogP contribution in [-0.4, -0.2) is 45.2 Å². The van der Waals surface area contributed by atoms with Gasteiger partial charge in [-0.1, -0.05) is 18.2 Å². The first kappa shape index (κ1) is 21.3. The molecule has 0 saturated heterocycles. The molecule has 152 valence electrons. The van der Waals surface area contributed by atoms with Gasteiger partial charge in [-0.15, -0.1) is 0 Å². The Hall–Kier alpha value is -3.42. The number of aromatic nitrogens is 5. The van der Waals surface area contributed by atoms with Gasteiger partial charge in [0, 0.05) is 23.3 Å². The van der Waals surface area contributed by atoms with Crippen molar-refractivity contribution in [2.75, 3.05) is 6.26 Å². The zero-order valence-electron chi connectivity index (χ0n) is 15.8. The van der Waals surface area contributed by atoms with E-state index in [9.17, 15) is 13.2 Å². The monoisotopic (exact) mass is 442 g/mol. The lowest BCUT2D eigenvalue weighted by Gasteiger charge is -2.08. The number of carbonyl (C=O) groups is 1. The molecule has 0 N–H and O–H groups in total. The largest absolute Gasteiger partial charge is 0.294 e. The molecule has 0 bridgehead atoms. The van der Waals surface area contributed by atoms with E-state index in [0.29, 0.717) is 17.2 Å². The number of hydrogen-bond acceptors (Lipinski definition) is 8. The van der Waals surface area contributed by atoms with Crippen molar-refractivity contribution in [3.63, 3.8) is 0 Å². The lowest BCUT2D eigenvalue weighted by molar-refractivity contribution is 0.0984. The topological polar surface area (TPSA) is 131 Å². The van der Waals surface area contributed by atoms with Crippen molar-refractivity contribution in [2.24, 2.45) is 0 Å². The summed E-state index contributed by atoms with van der Waals surface area (Å²) in [5.74, 6) is 0.458. The third kappa shape index (κ3) is 4.76. The molecule has 1 aromatic carbocycles. The zero-order valence-corrected chi connectivity index (χ0v) is 17.4. The molecule has 9 nitrogen and oxygen atoms in total. The van der Waals surface area contributed by atoms with E-state index in [1.165, 1.54) is 41.6 Å². The molecule has 3 aromatic rings. The summed E-state index contributed by atoms with van der Waals surface area (Å²) < 4.78 is 24.9. The molecule has 0 atom stereocenters. The van der Waals surface area contributed by atoms with Gasteiger partial charge in [-0.2, -0.15) is 15.0 Å². The highest BCUT2D eigenvalue weighted by Gasteiger charge is 2.16. The molecule has 2 aromatic heterocycles. The van der Waals surface area contributed by atoms with Gasteiger partial charge in [-0.25, -0.2) is 23.4 Å². The number of allylic oxidation sites excluding steroid dienone is 1. The predicted molar refractivity (Wildman–Crippen MR) is 109 cm³/mol. The molecule has 3 rings (SSSR count). The average Bonchev–Trinajstić information content (AvgIpc) is 3.20. The number of hydrogen-bond donors (Lipinski definition) is 0. The molecule has 0 saturated carbocycles. The van der Waals surface area contributed by atoms with Crippen LogP contribution in [0.3, 0.4) is 0 Å². The molecular formula is C19H15ClN6O3S. The molecule has 0 spiro atoms. The molecule has 2 heterocycles. The first-order chi connectivity index (χ1) is 14.2. The van der Waals surface area contributed by atoms with E-state index < -0.39 is 9.84 Å². The normalized spacial score (nSPS) is 11.1. The summed E-state index contributed by atoms with van der Waals surface area (Å²) in [7, 11) is -3.50. The molecule has 0 unspecified atom stereocenters. The first-order valence-corrected chi connectivity index (χ1v) is 10.8. The van der Waals surface area contributed by atoms with Crippen LogP contribution in [0.15, 0.2) is 48.4 Å². The summed E-state index contributed by atoms with van der Waals surface area (Å²) in [6, 6.07) is 5.91. The minimum Gasteiger partial charge on any atom is -0.294 e. The molecule has 11 heteroatoms. The van der Waals surface area contributed by atoms with E-state index in [4.69, 9.17) is 16.9 Å². The predicted octanol–water partition coefficient (Wildman–Crippen LogP) is 2.66. The maximum absolute atomic E-state index is 12.6. The number of benzene rings is 1. The van der Waals surface area contributed by atoms with Crippen LogP contribution in [0.2, 0.25) is 5.02 Å². The summed E-state index contributed by atoms with van der Waals surface area (Å²) in [5.41, 5.74) is 0.896. The standard InChI is InChI=1S/C19H15ClN6O3S/c1-12(19-24-11-25-26(19)18-10-22-15(8-21)9-23-18)3-4-17(27)13-5-14(20)7-16(6-13)30(2,28)29/h5-7,9-11H,1,3-4H2,2H3. The van der Waals surface area contributed by atoms with E-state index in [1.54, 1.807) is 0 Å². The number of Topliss-reactive ketones (excluding diaryl/α,β-unsaturated/α-hetero) is 1. The van der Waals surface area contributed by atoms with Crippen LogP contribution in [0, 0.1) is 11.3 Å². The molecule has 30 heavy (non-hydrogen) atoms. The van der Waals surface area contributed by atoms with Gasteiger partial charge in [-0.05, 0) is 30.2 Å². The Morgan fingerprint density at radius 3 is 2.60 bits per heavy atom. The number of rotatable bonds is 7. The Kier molecular flexibility index (Phi) is 6.05. The number of ketones is 1. The number of carbonyl (C=O) groups excluding carboxylic acids is 1. The number of sulfone groups is 1. The van der Waals surface area contributed by atoms with Crippen molar-refractivity contribution in [1.82, 2.24) is 24.7 Å². The molecular weight excluding hydrogens is 428 g/mol. The van der Waals surface area contributed by atoms with Crippen LogP contribution < -0.4 is 0 Å². The fourth-order valence-corrected chi connectivity index (χ4v) is 3.58. The van der Waals surface area contributed by atoms with Gasteiger partial charge in [0.1, 0.15) is 12.4 Å². The highest BCUT2D eigenvalue weighted by Crippen LogP contribution is 2.23. The van der Waals surface area contributed by atoms with Gasteiger partial charge >= 0.3 is 0 Å². The van der Waals surface area contributed by atoms with Crippen LogP contribution in [0.5, 0.6) is 0 Å². The molecule has 0 amide bonds. The van der Waals surface area contributed by atoms with Crippen molar-refractivity contribution >= 4 is 32.8 Å². The highest BCUT2D eigenvalue weighted by atomic mass is 35.5. The van der Waals surface area contributed by atoms with Crippen LogP contribution in [0.25, 0.3) is 11.4 Å². The van der Waals surface area contributed by atoms with E-state index in [1.807, 2.05) is 6.07 Å². The Labute approximate surface area is 177 Å². The maximum Gasteiger partial charge on any atom is 0.175 e. The molecule has 0 aliphatic heterocycles. The van der Waals surface area contributed by atoms with Crippen molar-refractivity contribution < 1.29 is 13.2 Å². The Balaban J connectivity index is 1.76. The summed E-state index contributed by atoms with van der Waals surface area (Å²) in [6.45, 7) is 3.96. The minimum absolute atomic E-state index is 0.0173. The SMILES string of the molecule is C=C(CCC(=O)c1cc(Cl)cc(S(C)(=O)=O)c1)c1ncnn1-c1cnc(C#N)cn1. The van der Waals surface area contributed by atoms with Crippen LogP contribution in [0.4, 0.5) is 0 Å². The van der Waals surface area contributed by atoms with E-state index in [-0.39, 0.29) is 39.8 Å². The Morgan fingerprint density at radius 2 is 1.97 bits per heavy atom. The number of nitrogens with zero attached hydrogens (tertiary/aromatic N) is 6. The second kappa shape index (κ2) is 8.52. The average molecular weight is 443 g/mol. The van der Waals surface area contributed by atoms with Gasteiger partial charge in [0.15, 0.2) is 33.0 Å². The fourth-order valence-electron chi connectivity index (χ4n) is 2.60. The Morgan fingerprint density at radius 1 is 1.20 bits per heavy atom. The molecule has 0 aliphatic carbocycles. The van der Waals surface area contributed by atoms with Gasteiger partial charge in [0.05, 0.1) is 17.3 Å². The van der Waals surface area contributed by atoms with Crippen molar-refractivity contribution in [1.29, 1.82) is 5.26 Å². The van der Waals surface area contributed by atoms with E-state index in [2.05, 4.69) is 26.6 Å². The van der Waals surface area contributed by atoms with Crippen molar-refractivity contribution in [3.8, 4) is 11.9 Å². The van der Waals surface area contributed by atoms with Gasteiger partial charge < -0.3 is 0 Å². The zero-order chi connectivity index (χ0) is 21.9. The smallest absolute Gasteiger partial charge is 0.175 e. The van der Waals surface area contributed by atoms with E-state index in [0.717, 1.165) is 6.26 Å². The quantitative estimate of drug-likeness (QED) is 0.510. The number of halogens is 1. The van der Waals surface area contributed by atoms with Gasteiger partial charge in [-0.3, -0.25) is 4.79 Å². The molecule has 0 fully saturated rings. The van der Waals surface area contributed by atoms with Crippen LogP contribution in [-0.2, 0) is 9.84 Å². The third-order valence-corrected chi connectivity index (χ3v) is 5.42. The van der Waals surface area contributed by atoms with Crippen LogP contribution >= 0.6 is 11.6 Å². The van der Waals surface area contributed by atoms with Gasteiger partial charge in [0.25, 0.3) is 0 Å². The second-order valence-corrected chi connectivity index (χ2v) is 8.79. The lowest BCUT2D eigenvalue weighted by atomic mass is 10.0. The molecule has 0 aliphatic rings. The van der Waals surface area contributed by atoms with Crippen molar-refractivity contribution in [3.05, 3.63) is 65.6 Å². The summed E-state index contributed by atoms with van der Waals surface area (Å²) in [4.78, 5) is 24.8. The minimum atomic E-state index is -3.50. The molecule has 0 radical (unpaired) electrons. The Bertz CT molecular complexity index is 1280. The number of nitriles is 1. The second-order valence-electron chi connectivity index (χ2n) is 6.34. The highest BCUT2D eigenvalue weighted by molar-refractivity contribution is 7.90. The lowest BCUT2D eigenvalue weighted by Crippen LogP contribution is -2.07. The van der Waals surface area contributed by atoms with E-state index >= 15 is 0 Å². The third-order valence-electron chi connectivity index (χ3n) is 4.11. The first-order valence-electron chi connectivity index (χ1n) is 8.53. The van der Waals surface area contributed by atoms with Crippen molar-refractivity contribution in [2.45, 2.75) is 17.7 Å².